The van der Waals surface area contributed by atoms with Gasteiger partial charge < -0.3 is 9.47 Å². The molecule has 1 rings (SSSR count). The number of carbonyl (C=O) groups excluding carboxylic acids is 1. The van der Waals surface area contributed by atoms with Crippen molar-refractivity contribution in [3.8, 4) is 11.8 Å². The highest BCUT2D eigenvalue weighted by molar-refractivity contribution is 6.17. The monoisotopic (exact) mass is 289 g/mol. The number of alkyl halides is 3. The van der Waals surface area contributed by atoms with Gasteiger partial charge >= 0.3 is 12.6 Å². The van der Waals surface area contributed by atoms with Crippen LogP contribution in [0.4, 0.5) is 8.78 Å². The summed E-state index contributed by atoms with van der Waals surface area (Å²) in [5.74, 6) is -1.37. The van der Waals surface area contributed by atoms with Crippen molar-refractivity contribution in [3.05, 3.63) is 28.8 Å². The molecule has 0 heterocycles. The lowest BCUT2D eigenvalue weighted by Crippen LogP contribution is -2.13. The molecule has 0 aromatic heterocycles. The standard InChI is InChI=1S/C12H10ClF2NO3/c1-2-18-11(17)10-8(5-13)3-7(6-16)4-9(10)19-12(14)15/h3-4,12H,2,5H2,1H3. The molecule has 19 heavy (non-hydrogen) atoms. The molecule has 0 N–H and O–H groups in total. The number of nitriles is 1. The van der Waals surface area contributed by atoms with Gasteiger partial charge in [0.15, 0.2) is 0 Å². The summed E-state index contributed by atoms with van der Waals surface area (Å²) in [6.45, 7) is -1.46. The van der Waals surface area contributed by atoms with Crippen molar-refractivity contribution in [1.29, 1.82) is 5.26 Å². The van der Waals surface area contributed by atoms with Crippen LogP contribution in [0, 0.1) is 11.3 Å². The van der Waals surface area contributed by atoms with Crippen molar-refractivity contribution in [2.45, 2.75) is 19.4 Å². The summed E-state index contributed by atoms with van der Waals surface area (Å²) in [7, 11) is 0. The van der Waals surface area contributed by atoms with Crippen LogP contribution < -0.4 is 4.74 Å². The topological polar surface area (TPSA) is 59.3 Å². The minimum atomic E-state index is -3.12. The van der Waals surface area contributed by atoms with Crippen LogP contribution >= 0.6 is 11.6 Å². The van der Waals surface area contributed by atoms with Gasteiger partial charge in [-0.15, -0.1) is 11.6 Å². The number of nitrogens with zero attached hydrogens (tertiary/aromatic N) is 1. The first-order chi connectivity index (χ1) is 9.03. The number of carbonyl (C=O) groups is 1. The smallest absolute Gasteiger partial charge is 0.387 e. The van der Waals surface area contributed by atoms with Crippen LogP contribution in [-0.2, 0) is 10.6 Å². The number of hydrogen-bond acceptors (Lipinski definition) is 4. The molecule has 0 radical (unpaired) electrons. The lowest BCUT2D eigenvalue weighted by molar-refractivity contribution is -0.0504. The molecule has 0 saturated carbocycles. The number of ether oxygens (including phenoxy) is 2. The van der Waals surface area contributed by atoms with Crippen LogP contribution in [0.5, 0.6) is 5.75 Å². The molecule has 0 saturated heterocycles. The van der Waals surface area contributed by atoms with Gasteiger partial charge in [-0.25, -0.2) is 4.79 Å². The summed E-state index contributed by atoms with van der Waals surface area (Å²) >= 11 is 5.65. The zero-order valence-corrected chi connectivity index (χ0v) is 10.7. The normalized spacial score (nSPS) is 10.1. The van der Waals surface area contributed by atoms with Gasteiger partial charge in [0, 0.05) is 5.88 Å². The molecule has 0 unspecified atom stereocenters. The average Bonchev–Trinajstić information content (AvgIpc) is 2.37. The molecular weight excluding hydrogens is 280 g/mol. The Bertz CT molecular complexity index is 514. The zero-order chi connectivity index (χ0) is 14.4. The van der Waals surface area contributed by atoms with E-state index in [4.69, 9.17) is 21.6 Å². The van der Waals surface area contributed by atoms with Crippen LogP contribution in [0.3, 0.4) is 0 Å². The lowest BCUT2D eigenvalue weighted by Gasteiger charge is -2.13. The van der Waals surface area contributed by atoms with E-state index in [9.17, 15) is 13.6 Å². The Labute approximate surface area is 113 Å². The number of hydrogen-bond donors (Lipinski definition) is 0. The predicted octanol–water partition coefficient (Wildman–Crippen LogP) is 3.08. The van der Waals surface area contributed by atoms with Crippen molar-refractivity contribution in [2.75, 3.05) is 6.61 Å². The Morgan fingerprint density at radius 3 is 2.68 bits per heavy atom. The Hall–Kier alpha value is -1.87. The van der Waals surface area contributed by atoms with Crippen molar-refractivity contribution in [3.63, 3.8) is 0 Å². The van der Waals surface area contributed by atoms with Crippen LogP contribution in [-0.4, -0.2) is 19.2 Å². The van der Waals surface area contributed by atoms with E-state index < -0.39 is 18.3 Å². The first-order valence-corrected chi connectivity index (χ1v) is 5.81. The summed E-state index contributed by atoms with van der Waals surface area (Å²) < 4.78 is 33.7. The molecule has 4 nitrogen and oxygen atoms in total. The molecule has 102 valence electrons. The third kappa shape index (κ3) is 3.80. The number of halogens is 3. The quantitative estimate of drug-likeness (QED) is 0.617. The molecule has 0 atom stereocenters. The van der Waals surface area contributed by atoms with Gasteiger partial charge in [-0.1, -0.05) is 0 Å². The maximum absolute atomic E-state index is 12.3. The highest BCUT2D eigenvalue weighted by Gasteiger charge is 2.22. The number of esters is 1. The van der Waals surface area contributed by atoms with Gasteiger partial charge in [-0.05, 0) is 24.6 Å². The predicted molar refractivity (Wildman–Crippen MR) is 63.3 cm³/mol. The Kier molecular flexibility index (Phi) is 5.52. The summed E-state index contributed by atoms with van der Waals surface area (Å²) in [5, 5.41) is 8.80. The van der Waals surface area contributed by atoms with Crippen LogP contribution in [0.1, 0.15) is 28.4 Å². The van der Waals surface area contributed by atoms with E-state index in [1.54, 1.807) is 13.0 Å². The summed E-state index contributed by atoms with van der Waals surface area (Å²) in [5.41, 5.74) is 0.0883. The van der Waals surface area contributed by atoms with Gasteiger partial charge in [0.25, 0.3) is 0 Å². The van der Waals surface area contributed by atoms with E-state index >= 15 is 0 Å². The van der Waals surface area contributed by atoms with Gasteiger partial charge in [0.2, 0.25) is 0 Å². The molecule has 1 aromatic rings. The van der Waals surface area contributed by atoms with Gasteiger partial charge in [0.05, 0.1) is 18.2 Å². The largest absolute Gasteiger partial charge is 0.462 e. The van der Waals surface area contributed by atoms with E-state index in [0.717, 1.165) is 6.07 Å². The minimum absolute atomic E-state index is 0.0688. The fraction of sp³-hybridized carbons (Fsp3) is 0.333. The van der Waals surface area contributed by atoms with E-state index in [0.29, 0.717) is 0 Å². The van der Waals surface area contributed by atoms with Gasteiger partial charge in [-0.3, -0.25) is 0 Å². The second kappa shape index (κ2) is 6.90. The van der Waals surface area contributed by atoms with E-state index in [1.165, 1.54) is 6.07 Å². The molecule has 7 heteroatoms. The fourth-order valence-electron chi connectivity index (χ4n) is 1.47. The van der Waals surface area contributed by atoms with Crippen molar-refractivity contribution in [2.24, 2.45) is 0 Å². The van der Waals surface area contributed by atoms with Gasteiger partial charge in [-0.2, -0.15) is 14.0 Å². The van der Waals surface area contributed by atoms with Crippen LogP contribution in [0.25, 0.3) is 0 Å². The first kappa shape index (κ1) is 15.2. The molecule has 0 aliphatic rings. The number of benzene rings is 1. The second-order valence-corrected chi connectivity index (χ2v) is 3.62. The molecule has 0 aliphatic heterocycles. The molecule has 0 aliphatic carbocycles. The lowest BCUT2D eigenvalue weighted by atomic mass is 10.0. The third-order valence-electron chi connectivity index (χ3n) is 2.15. The minimum Gasteiger partial charge on any atom is -0.462 e. The highest BCUT2D eigenvalue weighted by atomic mass is 35.5. The SMILES string of the molecule is CCOC(=O)c1c(CCl)cc(C#N)cc1OC(F)F. The van der Waals surface area contributed by atoms with Crippen molar-refractivity contribution >= 4 is 17.6 Å². The summed E-state index contributed by atoms with van der Waals surface area (Å²) in [6, 6.07) is 4.16. The van der Waals surface area contributed by atoms with Gasteiger partial charge in [0.1, 0.15) is 11.3 Å². The first-order valence-electron chi connectivity index (χ1n) is 5.28. The Morgan fingerprint density at radius 2 is 2.21 bits per heavy atom. The van der Waals surface area contributed by atoms with Crippen molar-refractivity contribution < 1.29 is 23.0 Å². The highest BCUT2D eigenvalue weighted by Crippen LogP contribution is 2.28. The van der Waals surface area contributed by atoms with E-state index in [1.807, 2.05) is 0 Å². The number of rotatable bonds is 5. The Morgan fingerprint density at radius 1 is 1.53 bits per heavy atom. The van der Waals surface area contributed by atoms with Crippen molar-refractivity contribution in [1.82, 2.24) is 0 Å². The molecular formula is C12H10ClF2NO3. The fourth-order valence-corrected chi connectivity index (χ4v) is 1.68. The molecule has 0 amide bonds. The summed E-state index contributed by atoms with van der Waals surface area (Å²) in [6.07, 6.45) is 0. The second-order valence-electron chi connectivity index (χ2n) is 3.35. The molecule has 0 spiro atoms. The zero-order valence-electron chi connectivity index (χ0n) is 9.95. The van der Waals surface area contributed by atoms with E-state index in [2.05, 4.69) is 4.74 Å². The molecule has 0 fully saturated rings. The summed E-state index contributed by atoms with van der Waals surface area (Å²) in [4.78, 5) is 11.7. The maximum Gasteiger partial charge on any atom is 0.387 e. The van der Waals surface area contributed by atoms with Crippen LogP contribution in [0.2, 0.25) is 0 Å². The Balaban J connectivity index is 3.37. The third-order valence-corrected chi connectivity index (χ3v) is 2.44. The average molecular weight is 290 g/mol. The molecule has 0 bridgehead atoms. The maximum atomic E-state index is 12.3. The molecule has 1 aromatic carbocycles. The van der Waals surface area contributed by atoms with E-state index in [-0.39, 0.29) is 29.2 Å². The van der Waals surface area contributed by atoms with Crippen LogP contribution in [0.15, 0.2) is 12.1 Å².